The first-order valence-electron chi connectivity index (χ1n) is 11.1. The van der Waals surface area contributed by atoms with Crippen LogP contribution in [0.1, 0.15) is 27.3 Å². The summed E-state index contributed by atoms with van der Waals surface area (Å²) in [5.74, 6) is 1.16. The van der Waals surface area contributed by atoms with Crippen molar-refractivity contribution in [3.8, 4) is 28.6 Å². The summed E-state index contributed by atoms with van der Waals surface area (Å²) in [4.78, 5) is 12.8. The minimum atomic E-state index is -0.142. The van der Waals surface area contributed by atoms with Crippen LogP contribution in [-0.4, -0.2) is 45.6 Å². The predicted octanol–water partition coefficient (Wildman–Crippen LogP) is 3.69. The quantitative estimate of drug-likeness (QED) is 0.477. The Bertz CT molecular complexity index is 1350. The molecule has 0 aliphatic carbocycles. The van der Waals surface area contributed by atoms with Gasteiger partial charge < -0.3 is 14.8 Å². The van der Waals surface area contributed by atoms with E-state index in [1.165, 1.54) is 0 Å². The Hall–Kier alpha value is -4.20. The molecular weight excluding hydrogens is 430 g/mol. The Morgan fingerprint density at radius 2 is 2.00 bits per heavy atom. The molecule has 8 nitrogen and oxygen atoms in total. The zero-order chi connectivity index (χ0) is 23.7. The number of amides is 1. The molecule has 1 atom stereocenters. The maximum Gasteiger partial charge on any atom is 0.251 e. The molecule has 2 aromatic heterocycles. The first-order valence-corrected chi connectivity index (χ1v) is 11.1. The highest BCUT2D eigenvalue weighted by atomic mass is 16.5. The molecule has 0 bridgehead atoms. The van der Waals surface area contributed by atoms with E-state index in [-0.39, 0.29) is 12.0 Å². The number of fused-ring (bicyclic) bond motifs is 1. The van der Waals surface area contributed by atoms with Gasteiger partial charge in [-0.15, -0.1) is 10.2 Å². The number of carbonyl (C=O) groups is 1. The lowest BCUT2D eigenvalue weighted by atomic mass is 10.0. The molecule has 1 aliphatic rings. The van der Waals surface area contributed by atoms with Crippen molar-refractivity contribution in [1.82, 2.24) is 25.3 Å². The molecule has 0 saturated carbocycles. The van der Waals surface area contributed by atoms with Crippen molar-refractivity contribution in [3.63, 3.8) is 0 Å². The third kappa shape index (κ3) is 4.34. The second-order valence-corrected chi connectivity index (χ2v) is 8.33. The lowest BCUT2D eigenvalue weighted by Crippen LogP contribution is -2.34. The normalized spacial score (nSPS) is 14.4. The van der Waals surface area contributed by atoms with Crippen molar-refractivity contribution in [2.75, 3.05) is 13.7 Å². The van der Waals surface area contributed by atoms with Gasteiger partial charge in [0, 0.05) is 29.3 Å². The molecule has 0 radical (unpaired) electrons. The van der Waals surface area contributed by atoms with Crippen LogP contribution in [0.25, 0.3) is 16.9 Å². The molecule has 2 aromatic carbocycles. The Morgan fingerprint density at radius 1 is 1.12 bits per heavy atom. The van der Waals surface area contributed by atoms with Crippen molar-refractivity contribution < 1.29 is 14.3 Å². The maximum absolute atomic E-state index is 12.8. The largest absolute Gasteiger partial charge is 0.488 e. The van der Waals surface area contributed by atoms with Gasteiger partial charge in [-0.1, -0.05) is 6.07 Å². The topological polar surface area (TPSA) is 91.2 Å². The minimum Gasteiger partial charge on any atom is -0.488 e. The number of carbonyl (C=O) groups excluding carboxylic acids is 1. The van der Waals surface area contributed by atoms with Gasteiger partial charge in [0.2, 0.25) is 5.88 Å². The SMILES string of the molecule is COc1ccc(-c2ccc3c(c2)C[C@H](CNC(=O)c2cccc(-n4nc(C)cc4C)c2)O3)nn1. The van der Waals surface area contributed by atoms with Crippen LogP contribution in [0.4, 0.5) is 0 Å². The van der Waals surface area contributed by atoms with E-state index in [4.69, 9.17) is 9.47 Å². The van der Waals surface area contributed by atoms with E-state index in [0.29, 0.717) is 24.4 Å². The van der Waals surface area contributed by atoms with E-state index in [1.54, 1.807) is 19.2 Å². The average Bonchev–Trinajstić information content (AvgIpc) is 3.43. The third-order valence-corrected chi connectivity index (χ3v) is 5.80. The minimum absolute atomic E-state index is 0.129. The number of methoxy groups -OCH3 is 1. The van der Waals surface area contributed by atoms with Crippen LogP contribution in [-0.2, 0) is 6.42 Å². The molecule has 1 amide bonds. The summed E-state index contributed by atoms with van der Waals surface area (Å²) in [5.41, 5.74) is 6.21. The summed E-state index contributed by atoms with van der Waals surface area (Å²) in [6, 6.07) is 19.1. The highest BCUT2D eigenvalue weighted by molar-refractivity contribution is 5.94. The van der Waals surface area contributed by atoms with Gasteiger partial charge in [-0.2, -0.15) is 5.10 Å². The second kappa shape index (κ2) is 8.97. The number of hydrogen-bond donors (Lipinski definition) is 1. The first-order chi connectivity index (χ1) is 16.5. The van der Waals surface area contributed by atoms with E-state index in [9.17, 15) is 4.79 Å². The molecule has 1 N–H and O–H groups in total. The van der Waals surface area contributed by atoms with Gasteiger partial charge in [-0.05, 0) is 67.9 Å². The molecule has 172 valence electrons. The fourth-order valence-electron chi connectivity index (χ4n) is 4.15. The fourth-order valence-corrected chi connectivity index (χ4v) is 4.15. The van der Waals surface area contributed by atoms with Crippen LogP contribution >= 0.6 is 0 Å². The van der Waals surface area contributed by atoms with Gasteiger partial charge >= 0.3 is 0 Å². The Kier molecular flexibility index (Phi) is 5.71. The summed E-state index contributed by atoms with van der Waals surface area (Å²) in [5, 5.41) is 15.8. The summed E-state index contributed by atoms with van der Waals surface area (Å²) < 4.78 is 13.0. The molecule has 8 heteroatoms. The zero-order valence-corrected chi connectivity index (χ0v) is 19.3. The monoisotopic (exact) mass is 455 g/mol. The first kappa shape index (κ1) is 21.6. The van der Waals surface area contributed by atoms with Crippen molar-refractivity contribution in [1.29, 1.82) is 0 Å². The average molecular weight is 456 g/mol. The van der Waals surface area contributed by atoms with Gasteiger partial charge in [-0.25, -0.2) is 4.68 Å². The Morgan fingerprint density at radius 3 is 2.74 bits per heavy atom. The van der Waals surface area contributed by atoms with Crippen LogP contribution in [0.2, 0.25) is 0 Å². The molecule has 0 unspecified atom stereocenters. The fraction of sp³-hybridized carbons (Fsp3) is 0.231. The van der Waals surface area contributed by atoms with Crippen molar-refractivity contribution in [2.45, 2.75) is 26.4 Å². The van der Waals surface area contributed by atoms with E-state index in [2.05, 4.69) is 26.7 Å². The number of benzene rings is 2. The van der Waals surface area contributed by atoms with Gasteiger partial charge in [-0.3, -0.25) is 4.79 Å². The van der Waals surface area contributed by atoms with Gasteiger partial charge in [0.25, 0.3) is 5.91 Å². The van der Waals surface area contributed by atoms with Crippen molar-refractivity contribution in [3.05, 3.63) is 83.2 Å². The predicted molar refractivity (Wildman–Crippen MR) is 128 cm³/mol. The number of aromatic nitrogens is 4. The van der Waals surface area contributed by atoms with Gasteiger partial charge in [0.05, 0.1) is 30.7 Å². The number of hydrogen-bond acceptors (Lipinski definition) is 6. The van der Waals surface area contributed by atoms with E-state index in [1.807, 2.05) is 61.0 Å². The molecule has 0 saturated heterocycles. The number of ether oxygens (including phenoxy) is 2. The summed E-state index contributed by atoms with van der Waals surface area (Å²) in [6.45, 7) is 4.36. The lowest BCUT2D eigenvalue weighted by molar-refractivity contribution is 0.0933. The number of rotatable bonds is 6. The van der Waals surface area contributed by atoms with Crippen molar-refractivity contribution in [2.24, 2.45) is 0 Å². The smallest absolute Gasteiger partial charge is 0.251 e. The summed E-state index contributed by atoms with van der Waals surface area (Å²) in [6.07, 6.45) is 0.578. The second-order valence-electron chi connectivity index (χ2n) is 8.33. The molecule has 4 aromatic rings. The summed E-state index contributed by atoms with van der Waals surface area (Å²) in [7, 11) is 1.56. The summed E-state index contributed by atoms with van der Waals surface area (Å²) >= 11 is 0. The number of nitrogens with one attached hydrogen (secondary N) is 1. The lowest BCUT2D eigenvalue weighted by Gasteiger charge is -2.12. The van der Waals surface area contributed by atoms with Crippen LogP contribution in [0.3, 0.4) is 0 Å². The van der Waals surface area contributed by atoms with E-state index < -0.39 is 0 Å². The van der Waals surface area contributed by atoms with E-state index >= 15 is 0 Å². The molecule has 1 aliphatic heterocycles. The third-order valence-electron chi connectivity index (χ3n) is 5.80. The van der Waals surface area contributed by atoms with Crippen LogP contribution in [0.5, 0.6) is 11.6 Å². The Balaban J connectivity index is 1.23. The van der Waals surface area contributed by atoms with Crippen LogP contribution < -0.4 is 14.8 Å². The van der Waals surface area contributed by atoms with Gasteiger partial charge in [0.1, 0.15) is 11.9 Å². The van der Waals surface area contributed by atoms with Crippen LogP contribution in [0.15, 0.2) is 60.7 Å². The molecule has 5 rings (SSSR count). The maximum atomic E-state index is 12.8. The molecule has 3 heterocycles. The Labute approximate surface area is 197 Å². The van der Waals surface area contributed by atoms with Crippen LogP contribution in [0, 0.1) is 13.8 Å². The van der Waals surface area contributed by atoms with Crippen molar-refractivity contribution >= 4 is 5.91 Å². The number of nitrogens with zero attached hydrogens (tertiary/aromatic N) is 4. The molecule has 0 fully saturated rings. The highest BCUT2D eigenvalue weighted by Crippen LogP contribution is 2.32. The molecule has 0 spiro atoms. The molecule has 34 heavy (non-hydrogen) atoms. The highest BCUT2D eigenvalue weighted by Gasteiger charge is 2.24. The number of aryl methyl sites for hydroxylation is 2. The van der Waals surface area contributed by atoms with E-state index in [0.717, 1.165) is 39.6 Å². The zero-order valence-electron chi connectivity index (χ0n) is 19.3. The molecular formula is C26H25N5O3. The van der Waals surface area contributed by atoms with Gasteiger partial charge in [0.15, 0.2) is 0 Å². The standard InChI is InChI=1S/C26H25N5O3/c1-16-11-17(2)31(30-16)21-6-4-5-19(13-21)26(32)27-15-22-14-20-12-18(7-9-24(20)34-22)23-8-10-25(33-3)29-28-23/h4-13,22H,14-15H2,1-3H3,(H,27,32)/t22-/m1/s1.